The van der Waals surface area contributed by atoms with Gasteiger partial charge in [-0.1, -0.05) is 57.8 Å². The Morgan fingerprint density at radius 2 is 1.33 bits per heavy atom. The number of carbonyl (C=O) groups excluding carboxylic acids is 2. The van der Waals surface area contributed by atoms with Crippen LogP contribution >= 0.6 is 0 Å². The molecule has 0 aliphatic heterocycles. The van der Waals surface area contributed by atoms with Gasteiger partial charge >= 0.3 is 0 Å². The Morgan fingerprint density at radius 1 is 0.758 bits per heavy atom. The van der Waals surface area contributed by atoms with E-state index in [1.807, 2.05) is 0 Å². The minimum Gasteiger partial charge on any atom is -0.394 e. The minimum atomic E-state index is -0.694. The molecule has 1 fully saturated rings. The number of hydrogen-bond acceptors (Lipinski definition) is 6. The van der Waals surface area contributed by atoms with Crippen molar-refractivity contribution < 1.29 is 14.7 Å². The van der Waals surface area contributed by atoms with Gasteiger partial charge < -0.3 is 32.5 Å². The van der Waals surface area contributed by atoms with Gasteiger partial charge in [-0.15, -0.1) is 0 Å². The van der Waals surface area contributed by atoms with Crippen LogP contribution in [0.1, 0.15) is 103 Å². The third kappa shape index (κ3) is 14.6. The largest absolute Gasteiger partial charge is 0.394 e. The molecule has 0 aromatic rings. The van der Waals surface area contributed by atoms with Crippen molar-refractivity contribution in [3.8, 4) is 0 Å². The molecular formula is C25H51N5O3. The molecular weight excluding hydrogens is 418 g/mol. The van der Waals surface area contributed by atoms with Gasteiger partial charge in [-0.2, -0.15) is 0 Å². The summed E-state index contributed by atoms with van der Waals surface area (Å²) in [7, 11) is 0. The predicted molar refractivity (Wildman–Crippen MR) is 135 cm³/mol. The maximum absolute atomic E-state index is 12.8. The maximum atomic E-state index is 12.8. The van der Waals surface area contributed by atoms with E-state index < -0.39 is 12.1 Å². The van der Waals surface area contributed by atoms with E-state index in [9.17, 15) is 14.7 Å². The lowest BCUT2D eigenvalue weighted by Crippen LogP contribution is -2.55. The smallest absolute Gasteiger partial charge is 0.242 e. The van der Waals surface area contributed by atoms with Crippen molar-refractivity contribution in [2.24, 2.45) is 11.5 Å². The van der Waals surface area contributed by atoms with Crippen LogP contribution in [0.5, 0.6) is 0 Å². The Morgan fingerprint density at radius 3 is 1.94 bits per heavy atom. The number of nitrogens with one attached hydrogen (secondary N) is 3. The molecule has 2 atom stereocenters. The van der Waals surface area contributed by atoms with Crippen LogP contribution in [-0.2, 0) is 9.59 Å². The first-order valence-corrected chi connectivity index (χ1v) is 13.5. The van der Waals surface area contributed by atoms with Crippen LogP contribution in [0.4, 0.5) is 0 Å². The Balaban J connectivity index is 2.35. The van der Waals surface area contributed by atoms with Crippen LogP contribution in [0.25, 0.3) is 0 Å². The second kappa shape index (κ2) is 20.2. The quantitative estimate of drug-likeness (QED) is 0.151. The first-order chi connectivity index (χ1) is 16.1. The summed E-state index contributed by atoms with van der Waals surface area (Å²) in [5.74, 6) is -0.427. The van der Waals surface area contributed by atoms with Gasteiger partial charge in [-0.3, -0.25) is 9.59 Å². The number of nitrogens with two attached hydrogens (primary N) is 2. The van der Waals surface area contributed by atoms with Crippen molar-refractivity contribution in [3.63, 3.8) is 0 Å². The van der Waals surface area contributed by atoms with E-state index in [1.54, 1.807) is 0 Å². The average Bonchev–Trinajstić information content (AvgIpc) is 2.82. The molecule has 2 amide bonds. The van der Waals surface area contributed by atoms with Crippen LogP contribution < -0.4 is 27.4 Å². The van der Waals surface area contributed by atoms with E-state index in [1.165, 1.54) is 38.5 Å². The molecule has 0 spiro atoms. The van der Waals surface area contributed by atoms with Crippen molar-refractivity contribution >= 4 is 11.8 Å². The summed E-state index contributed by atoms with van der Waals surface area (Å²) in [6.45, 7) is 1.75. The van der Waals surface area contributed by atoms with E-state index >= 15 is 0 Å². The van der Waals surface area contributed by atoms with Crippen LogP contribution in [0.3, 0.4) is 0 Å². The summed E-state index contributed by atoms with van der Waals surface area (Å²) in [6, 6.07) is -1.07. The third-order valence-corrected chi connectivity index (χ3v) is 6.55. The molecule has 0 aromatic heterocycles. The molecule has 0 radical (unpaired) electrons. The van der Waals surface area contributed by atoms with Crippen LogP contribution in [0.15, 0.2) is 0 Å². The molecule has 194 valence electrons. The summed E-state index contributed by atoms with van der Waals surface area (Å²) in [5.41, 5.74) is 11.1. The van der Waals surface area contributed by atoms with E-state index in [2.05, 4.69) is 16.0 Å². The number of amides is 2. The molecule has 8 N–H and O–H groups in total. The van der Waals surface area contributed by atoms with Crippen molar-refractivity contribution in [2.75, 3.05) is 26.2 Å². The monoisotopic (exact) mass is 469 g/mol. The van der Waals surface area contributed by atoms with Gasteiger partial charge in [0.2, 0.25) is 11.8 Å². The zero-order valence-corrected chi connectivity index (χ0v) is 20.8. The lowest BCUT2D eigenvalue weighted by Gasteiger charge is -2.27. The molecule has 33 heavy (non-hydrogen) atoms. The molecule has 1 rings (SSSR count). The Hall–Kier alpha value is -1.22. The molecule has 0 bridgehead atoms. The van der Waals surface area contributed by atoms with Gasteiger partial charge in [0.05, 0.1) is 6.61 Å². The third-order valence-electron chi connectivity index (χ3n) is 6.55. The minimum absolute atomic E-state index is 0.115. The summed E-state index contributed by atoms with van der Waals surface area (Å²) < 4.78 is 0. The van der Waals surface area contributed by atoms with Crippen molar-refractivity contribution in [1.29, 1.82) is 0 Å². The molecule has 1 saturated carbocycles. The molecule has 8 nitrogen and oxygen atoms in total. The van der Waals surface area contributed by atoms with Gasteiger partial charge in [0.25, 0.3) is 0 Å². The molecule has 1 aliphatic carbocycles. The molecule has 0 unspecified atom stereocenters. The normalized spacial score (nSPS) is 16.3. The number of carbonyl (C=O) groups is 2. The lowest BCUT2D eigenvalue weighted by atomic mass is 9.95. The van der Waals surface area contributed by atoms with Crippen LogP contribution in [0, 0.1) is 0 Å². The lowest BCUT2D eigenvalue weighted by molar-refractivity contribution is -0.131. The van der Waals surface area contributed by atoms with Crippen molar-refractivity contribution in [3.05, 3.63) is 0 Å². The molecule has 0 heterocycles. The van der Waals surface area contributed by atoms with Gasteiger partial charge in [0, 0.05) is 6.04 Å². The average molecular weight is 470 g/mol. The zero-order valence-electron chi connectivity index (χ0n) is 20.8. The van der Waals surface area contributed by atoms with Gasteiger partial charge in [0.1, 0.15) is 12.1 Å². The fraction of sp³-hybridized carbons (Fsp3) is 0.920. The number of unbranched alkanes of at least 4 members (excludes halogenated alkanes) is 8. The molecule has 1 aliphatic rings. The predicted octanol–water partition coefficient (Wildman–Crippen LogP) is 2.08. The second-order valence-corrected chi connectivity index (χ2v) is 9.50. The highest BCUT2D eigenvalue weighted by Gasteiger charge is 2.26. The summed E-state index contributed by atoms with van der Waals surface area (Å²) >= 11 is 0. The topological polar surface area (TPSA) is 142 Å². The Kier molecular flexibility index (Phi) is 18.2. The maximum Gasteiger partial charge on any atom is 0.242 e. The zero-order chi connectivity index (χ0) is 24.2. The van der Waals surface area contributed by atoms with Gasteiger partial charge in [-0.25, -0.2) is 0 Å². The highest BCUT2D eigenvalue weighted by atomic mass is 16.3. The van der Waals surface area contributed by atoms with Crippen LogP contribution in [-0.4, -0.2) is 61.3 Å². The molecule has 0 aromatic carbocycles. The Bertz CT molecular complexity index is 500. The van der Waals surface area contributed by atoms with Crippen molar-refractivity contribution in [2.45, 2.75) is 121 Å². The van der Waals surface area contributed by atoms with Gasteiger partial charge in [-0.05, 0) is 64.6 Å². The number of rotatable bonds is 20. The van der Waals surface area contributed by atoms with Crippen LogP contribution in [0.2, 0.25) is 0 Å². The highest BCUT2D eigenvalue weighted by Crippen LogP contribution is 2.17. The van der Waals surface area contributed by atoms with Crippen molar-refractivity contribution in [1.82, 2.24) is 16.0 Å². The SMILES string of the molecule is NCCCCCCCCCCN[C@@H](CO)C(=O)N[C@@H](CCCCN)C(=O)NC1CCCCC1. The first-order valence-electron chi connectivity index (χ1n) is 13.5. The van der Waals surface area contributed by atoms with Gasteiger partial charge in [0.15, 0.2) is 0 Å². The number of hydrogen-bond donors (Lipinski definition) is 6. The molecule has 8 heteroatoms. The fourth-order valence-corrected chi connectivity index (χ4v) is 4.43. The summed E-state index contributed by atoms with van der Waals surface area (Å²) in [4.78, 5) is 25.6. The summed E-state index contributed by atoms with van der Waals surface area (Å²) in [6.07, 6.45) is 17.0. The Labute approximate surface area is 201 Å². The standard InChI is InChI=1S/C25H51N5O3/c26-17-11-5-3-1-2-4-6-13-19-28-23(20-31)25(33)30-22(16-10-12-18-27)24(32)29-21-14-8-7-9-15-21/h21-23,28,31H,1-20,26-27H2,(H,29,32)(H,30,33)/t22-,23-/m0/s1. The number of aliphatic hydroxyl groups excluding tert-OH is 1. The van der Waals surface area contributed by atoms with E-state index in [-0.39, 0.29) is 24.5 Å². The fourth-order valence-electron chi connectivity index (χ4n) is 4.43. The first kappa shape index (κ1) is 29.8. The highest BCUT2D eigenvalue weighted by molar-refractivity contribution is 5.90. The van der Waals surface area contributed by atoms with E-state index in [0.717, 1.165) is 64.3 Å². The van der Waals surface area contributed by atoms with E-state index in [0.29, 0.717) is 19.5 Å². The van der Waals surface area contributed by atoms with E-state index in [4.69, 9.17) is 11.5 Å². The second-order valence-electron chi connectivity index (χ2n) is 9.50. The molecule has 0 saturated heterocycles. The summed E-state index contributed by atoms with van der Waals surface area (Å²) in [5, 5.41) is 18.9. The number of aliphatic hydroxyl groups is 1.